The van der Waals surface area contributed by atoms with E-state index in [2.05, 4.69) is 4.98 Å². The molecule has 0 aliphatic rings. The summed E-state index contributed by atoms with van der Waals surface area (Å²) in [4.78, 5) is 16.7. The molecule has 8 heteroatoms. The van der Waals surface area contributed by atoms with Crippen molar-refractivity contribution in [2.75, 3.05) is 21.2 Å². The summed E-state index contributed by atoms with van der Waals surface area (Å²) in [6, 6.07) is 10.0. The molecule has 0 fully saturated rings. The average molecular weight is 380 g/mol. The van der Waals surface area contributed by atoms with Crippen molar-refractivity contribution < 1.29 is 17.9 Å². The molecule has 2 aromatic rings. The van der Waals surface area contributed by atoms with E-state index in [1.54, 1.807) is 44.4 Å². The smallest absolute Gasteiger partial charge is 0.244 e. The molecule has 1 heterocycles. The van der Waals surface area contributed by atoms with E-state index in [-0.39, 0.29) is 15.9 Å². The van der Waals surface area contributed by atoms with Gasteiger partial charge in [0.1, 0.15) is 10.6 Å². The Labute approximate surface area is 152 Å². The predicted molar refractivity (Wildman–Crippen MR) is 97.8 cm³/mol. The Morgan fingerprint density at radius 2 is 1.80 bits per heavy atom. The van der Waals surface area contributed by atoms with E-state index in [1.807, 2.05) is 0 Å². The van der Waals surface area contributed by atoms with Gasteiger partial charge in [-0.2, -0.15) is 0 Å². The number of methoxy groups -OCH3 is 1. The van der Waals surface area contributed by atoms with Crippen molar-refractivity contribution in [1.29, 1.82) is 0 Å². The third-order valence-corrected chi connectivity index (χ3v) is 6.38. The molecule has 1 aromatic carbocycles. The first-order valence-corrected chi connectivity index (χ1v) is 9.81. The van der Waals surface area contributed by atoms with Crippen molar-refractivity contribution in [3.05, 3.63) is 48.2 Å². The number of hydrogen-bond acceptors (Lipinski definition) is 6. The minimum Gasteiger partial charge on any atom is -0.497 e. The summed E-state index contributed by atoms with van der Waals surface area (Å²) < 4.78 is 30.3. The summed E-state index contributed by atoms with van der Waals surface area (Å²) >= 11 is 1.28. The molecule has 1 atom stereocenters. The second-order valence-electron chi connectivity index (χ2n) is 5.47. The van der Waals surface area contributed by atoms with Gasteiger partial charge in [-0.3, -0.25) is 4.79 Å². The van der Waals surface area contributed by atoms with Crippen molar-refractivity contribution in [3.63, 3.8) is 0 Å². The number of pyridine rings is 1. The highest BCUT2D eigenvalue weighted by Crippen LogP contribution is 2.25. The largest absolute Gasteiger partial charge is 0.497 e. The molecule has 1 aromatic heterocycles. The summed E-state index contributed by atoms with van der Waals surface area (Å²) in [7, 11) is 0.997. The molecule has 134 valence electrons. The molecule has 0 saturated carbocycles. The Morgan fingerprint density at radius 1 is 1.16 bits per heavy atom. The lowest BCUT2D eigenvalue weighted by molar-refractivity contribution is 0.0994. The van der Waals surface area contributed by atoms with E-state index in [9.17, 15) is 13.2 Å². The first-order chi connectivity index (χ1) is 11.8. The topological polar surface area (TPSA) is 76.6 Å². The normalized spacial score (nSPS) is 12.8. The van der Waals surface area contributed by atoms with Crippen LogP contribution in [0.2, 0.25) is 0 Å². The average Bonchev–Trinajstić information content (AvgIpc) is 2.61. The lowest BCUT2D eigenvalue weighted by Crippen LogP contribution is -2.22. The van der Waals surface area contributed by atoms with Crippen LogP contribution in [0.15, 0.2) is 52.5 Å². The Kier molecular flexibility index (Phi) is 6.21. The van der Waals surface area contributed by atoms with Crippen LogP contribution in [0.1, 0.15) is 17.3 Å². The lowest BCUT2D eigenvalue weighted by atomic mass is 10.1. The molecule has 0 saturated heterocycles. The van der Waals surface area contributed by atoms with Gasteiger partial charge in [-0.15, -0.1) is 0 Å². The monoisotopic (exact) mass is 380 g/mol. The van der Waals surface area contributed by atoms with E-state index < -0.39 is 10.0 Å². The molecule has 0 radical (unpaired) electrons. The van der Waals surface area contributed by atoms with Gasteiger partial charge in [0.15, 0.2) is 5.78 Å². The summed E-state index contributed by atoms with van der Waals surface area (Å²) in [5.41, 5.74) is 0.590. The van der Waals surface area contributed by atoms with Gasteiger partial charge in [-0.05, 0) is 43.3 Å². The molecule has 0 aliphatic carbocycles. The van der Waals surface area contributed by atoms with E-state index in [0.717, 1.165) is 4.31 Å². The number of aromatic nitrogens is 1. The molecule has 6 nitrogen and oxygen atoms in total. The maximum atomic E-state index is 12.5. The van der Waals surface area contributed by atoms with Crippen LogP contribution in [0, 0.1) is 0 Å². The predicted octanol–water partition coefficient (Wildman–Crippen LogP) is 2.70. The Bertz CT molecular complexity index is 832. The van der Waals surface area contributed by atoms with Crippen molar-refractivity contribution in [2.45, 2.75) is 22.1 Å². The first kappa shape index (κ1) is 19.4. The Hall–Kier alpha value is -1.90. The molecular formula is C17H20N2O4S2. The number of hydrogen-bond donors (Lipinski definition) is 0. The summed E-state index contributed by atoms with van der Waals surface area (Å²) in [6.45, 7) is 1.80. The Morgan fingerprint density at radius 3 is 2.28 bits per heavy atom. The molecule has 0 spiro atoms. The quantitative estimate of drug-likeness (QED) is 0.543. The van der Waals surface area contributed by atoms with E-state index in [1.165, 1.54) is 38.1 Å². The number of sulfonamides is 1. The van der Waals surface area contributed by atoms with Crippen LogP contribution < -0.4 is 4.74 Å². The van der Waals surface area contributed by atoms with Crippen LogP contribution in [-0.4, -0.2) is 49.9 Å². The number of nitrogens with zero attached hydrogens (tertiary/aromatic N) is 2. The minimum atomic E-state index is -3.51. The van der Waals surface area contributed by atoms with Gasteiger partial charge in [-0.25, -0.2) is 17.7 Å². The summed E-state index contributed by atoms with van der Waals surface area (Å²) in [6.07, 6.45) is 1.31. The number of rotatable bonds is 7. The number of ketones is 1. The van der Waals surface area contributed by atoms with E-state index in [0.29, 0.717) is 16.3 Å². The molecule has 0 aliphatic heterocycles. The highest BCUT2D eigenvalue weighted by Gasteiger charge is 2.20. The maximum absolute atomic E-state index is 12.5. The van der Waals surface area contributed by atoms with Gasteiger partial charge in [0.2, 0.25) is 10.0 Å². The standard InChI is InChI=1S/C17H20N2O4S2/c1-12(17(20)13-5-7-14(23-4)8-6-13)24-16-10-9-15(11-18-16)25(21,22)19(2)3/h5-12H,1-4H3/t12-/m1/s1. The van der Waals surface area contributed by atoms with Crippen molar-refractivity contribution >= 4 is 27.6 Å². The van der Waals surface area contributed by atoms with E-state index >= 15 is 0 Å². The summed E-state index contributed by atoms with van der Waals surface area (Å²) in [5, 5.41) is 0.240. The van der Waals surface area contributed by atoms with Gasteiger partial charge < -0.3 is 4.74 Å². The zero-order valence-electron chi connectivity index (χ0n) is 14.5. The molecule has 0 bridgehead atoms. The zero-order valence-corrected chi connectivity index (χ0v) is 16.1. The molecule has 25 heavy (non-hydrogen) atoms. The van der Waals surface area contributed by atoms with Gasteiger partial charge in [0, 0.05) is 25.9 Å². The molecule has 0 unspecified atom stereocenters. The fourth-order valence-corrected chi connectivity index (χ4v) is 3.74. The van der Waals surface area contributed by atoms with Crippen LogP contribution in [0.25, 0.3) is 0 Å². The van der Waals surface area contributed by atoms with Crippen molar-refractivity contribution in [1.82, 2.24) is 9.29 Å². The van der Waals surface area contributed by atoms with Gasteiger partial charge in [-0.1, -0.05) is 11.8 Å². The first-order valence-electron chi connectivity index (χ1n) is 7.49. The fourth-order valence-electron chi connectivity index (χ4n) is 2.02. The third kappa shape index (κ3) is 4.59. The van der Waals surface area contributed by atoms with Gasteiger partial charge >= 0.3 is 0 Å². The van der Waals surface area contributed by atoms with Crippen molar-refractivity contribution in [2.24, 2.45) is 0 Å². The number of ether oxygens (including phenoxy) is 1. The molecule has 2 rings (SSSR count). The fraction of sp³-hybridized carbons (Fsp3) is 0.294. The molecule has 0 N–H and O–H groups in total. The van der Waals surface area contributed by atoms with Crippen LogP contribution in [-0.2, 0) is 10.0 Å². The highest BCUT2D eigenvalue weighted by molar-refractivity contribution is 8.00. The molecular weight excluding hydrogens is 360 g/mol. The number of carbonyl (C=O) groups is 1. The number of carbonyl (C=O) groups excluding carboxylic acids is 1. The SMILES string of the molecule is COc1ccc(C(=O)[C@@H](C)Sc2ccc(S(=O)(=O)N(C)C)cn2)cc1. The highest BCUT2D eigenvalue weighted by atomic mass is 32.2. The van der Waals surface area contributed by atoms with Gasteiger partial charge in [0.25, 0.3) is 0 Å². The number of benzene rings is 1. The van der Waals surface area contributed by atoms with E-state index in [4.69, 9.17) is 4.74 Å². The van der Waals surface area contributed by atoms with Crippen LogP contribution in [0.4, 0.5) is 0 Å². The minimum absolute atomic E-state index is 0.0283. The van der Waals surface area contributed by atoms with Crippen LogP contribution in [0.5, 0.6) is 5.75 Å². The third-order valence-electron chi connectivity index (χ3n) is 3.53. The zero-order chi connectivity index (χ0) is 18.6. The molecule has 0 amide bonds. The lowest BCUT2D eigenvalue weighted by Gasteiger charge is -2.12. The van der Waals surface area contributed by atoms with Gasteiger partial charge in [0.05, 0.1) is 17.4 Å². The van der Waals surface area contributed by atoms with Crippen LogP contribution in [0.3, 0.4) is 0 Å². The number of Topliss-reactive ketones (excluding diaryl/α,β-unsaturated/α-hetero) is 1. The van der Waals surface area contributed by atoms with Crippen LogP contribution >= 0.6 is 11.8 Å². The second-order valence-corrected chi connectivity index (χ2v) is 8.99. The second kappa shape index (κ2) is 7.99. The summed E-state index contributed by atoms with van der Waals surface area (Å²) in [5.74, 6) is 0.663. The maximum Gasteiger partial charge on any atom is 0.244 e. The van der Waals surface area contributed by atoms with Crippen molar-refractivity contribution in [3.8, 4) is 5.75 Å². The number of thioether (sulfide) groups is 1. The Balaban J connectivity index is 2.09.